The Kier molecular flexibility index (Phi) is 6.45. The predicted molar refractivity (Wildman–Crippen MR) is 110 cm³/mol. The molecule has 1 saturated heterocycles. The number of amides is 2. The number of carbonyl (C=O) groups excluding carboxylic acids is 2. The number of hydrogen-bond donors (Lipinski definition) is 2. The van der Waals surface area contributed by atoms with Crippen molar-refractivity contribution in [1.82, 2.24) is 5.32 Å². The van der Waals surface area contributed by atoms with E-state index >= 15 is 0 Å². The summed E-state index contributed by atoms with van der Waals surface area (Å²) >= 11 is 1.17. The molecule has 0 aliphatic carbocycles. The van der Waals surface area contributed by atoms with Crippen LogP contribution in [0.15, 0.2) is 53.5 Å². The maximum atomic E-state index is 12.3. The molecule has 1 atom stereocenters. The predicted octanol–water partition coefficient (Wildman–Crippen LogP) is 2.72. The summed E-state index contributed by atoms with van der Waals surface area (Å²) in [6.45, 7) is 0.417. The molecule has 1 heterocycles. The maximum Gasteiger partial charge on any atom is 0.296 e. The summed E-state index contributed by atoms with van der Waals surface area (Å²) in [7, 11) is 1.39. The van der Waals surface area contributed by atoms with Gasteiger partial charge in [0, 0.05) is 6.42 Å². The smallest absolute Gasteiger partial charge is 0.296 e. The number of rotatable bonds is 7. The topological polar surface area (TPSA) is 123 Å². The summed E-state index contributed by atoms with van der Waals surface area (Å²) in [5, 5.41) is 16.2. The van der Waals surface area contributed by atoms with Crippen LogP contribution in [-0.2, 0) is 16.1 Å². The Morgan fingerprint density at radius 3 is 2.76 bits per heavy atom. The van der Waals surface area contributed by atoms with Gasteiger partial charge in [0.05, 0.1) is 24.6 Å². The number of anilines is 1. The molecule has 2 aromatic carbocycles. The summed E-state index contributed by atoms with van der Waals surface area (Å²) in [5.74, 6) is -0.517. The minimum atomic E-state index is -0.651. The second-order valence-corrected chi connectivity index (χ2v) is 7.29. The highest BCUT2D eigenvalue weighted by Gasteiger charge is 2.32. The van der Waals surface area contributed by atoms with E-state index in [-0.39, 0.29) is 23.7 Å². The van der Waals surface area contributed by atoms with Gasteiger partial charge in [-0.3, -0.25) is 24.7 Å². The molecule has 0 spiro atoms. The summed E-state index contributed by atoms with van der Waals surface area (Å²) in [6.07, 6.45) is -0.135. The molecule has 0 saturated carbocycles. The van der Waals surface area contributed by atoms with Gasteiger partial charge in [-0.25, -0.2) is 0 Å². The first-order chi connectivity index (χ1) is 14.0. The van der Waals surface area contributed by atoms with Crippen LogP contribution in [0, 0.1) is 10.1 Å². The summed E-state index contributed by atoms with van der Waals surface area (Å²) < 4.78 is 4.97. The molecule has 0 radical (unpaired) electrons. The molecule has 1 aliphatic heterocycles. The first kappa shape index (κ1) is 20.3. The maximum absolute atomic E-state index is 12.3. The molecule has 2 amide bonds. The van der Waals surface area contributed by atoms with E-state index in [4.69, 9.17) is 4.74 Å². The number of nitrogens with one attached hydrogen (secondary N) is 2. The van der Waals surface area contributed by atoms with Crippen molar-refractivity contribution in [2.45, 2.75) is 18.2 Å². The fourth-order valence-electron chi connectivity index (χ4n) is 2.63. The van der Waals surface area contributed by atoms with E-state index in [2.05, 4.69) is 15.6 Å². The molecular weight excluding hydrogens is 396 g/mol. The Labute approximate surface area is 170 Å². The van der Waals surface area contributed by atoms with Gasteiger partial charge in [-0.15, -0.1) is 0 Å². The Balaban J connectivity index is 1.61. The van der Waals surface area contributed by atoms with E-state index in [1.165, 1.54) is 37.1 Å². The van der Waals surface area contributed by atoms with E-state index < -0.39 is 16.1 Å². The third-order valence-corrected chi connectivity index (χ3v) is 5.19. The number of amidine groups is 1. The second-order valence-electron chi connectivity index (χ2n) is 6.10. The van der Waals surface area contributed by atoms with Crippen molar-refractivity contribution in [2.75, 3.05) is 12.4 Å². The van der Waals surface area contributed by atoms with Gasteiger partial charge >= 0.3 is 0 Å². The fraction of sp³-hybridized carbons (Fsp3) is 0.211. The van der Waals surface area contributed by atoms with Crippen LogP contribution in [0.5, 0.6) is 5.75 Å². The molecular formula is C19H18N4O5S. The summed E-state index contributed by atoms with van der Waals surface area (Å²) in [6, 6.07) is 13.7. The van der Waals surface area contributed by atoms with Crippen LogP contribution < -0.4 is 15.4 Å². The molecule has 10 heteroatoms. The van der Waals surface area contributed by atoms with Crippen LogP contribution in [0.3, 0.4) is 0 Å². The lowest BCUT2D eigenvalue weighted by molar-refractivity contribution is -0.384. The van der Waals surface area contributed by atoms with Gasteiger partial charge in [0.2, 0.25) is 11.8 Å². The Morgan fingerprint density at radius 1 is 1.31 bits per heavy atom. The number of ether oxygens (including phenoxy) is 1. The zero-order chi connectivity index (χ0) is 20.8. The van der Waals surface area contributed by atoms with Crippen molar-refractivity contribution in [2.24, 2.45) is 4.99 Å². The van der Waals surface area contributed by atoms with Crippen LogP contribution in [0.1, 0.15) is 12.0 Å². The van der Waals surface area contributed by atoms with Crippen LogP contribution in [0.4, 0.5) is 11.4 Å². The van der Waals surface area contributed by atoms with Crippen molar-refractivity contribution >= 4 is 40.1 Å². The molecule has 9 nitrogen and oxygen atoms in total. The summed E-state index contributed by atoms with van der Waals surface area (Å²) in [5.41, 5.74) is 0.761. The average Bonchev–Trinajstić information content (AvgIpc) is 3.06. The second kappa shape index (κ2) is 9.20. The van der Waals surface area contributed by atoms with Gasteiger partial charge in [0.25, 0.3) is 5.69 Å². The van der Waals surface area contributed by atoms with Gasteiger partial charge in [0.15, 0.2) is 5.17 Å². The minimum absolute atomic E-state index is 0.0437. The van der Waals surface area contributed by atoms with Crippen LogP contribution >= 0.6 is 11.8 Å². The zero-order valence-electron chi connectivity index (χ0n) is 15.5. The first-order valence-corrected chi connectivity index (χ1v) is 9.52. The van der Waals surface area contributed by atoms with Crippen molar-refractivity contribution in [1.29, 1.82) is 0 Å². The normalized spacial score (nSPS) is 17.1. The molecule has 3 rings (SSSR count). The van der Waals surface area contributed by atoms with Gasteiger partial charge < -0.3 is 15.4 Å². The van der Waals surface area contributed by atoms with Crippen molar-refractivity contribution in [3.05, 3.63) is 64.2 Å². The lowest BCUT2D eigenvalue weighted by Gasteiger charge is -2.09. The average molecular weight is 414 g/mol. The number of methoxy groups -OCH3 is 1. The minimum Gasteiger partial charge on any atom is -0.496 e. The van der Waals surface area contributed by atoms with Crippen molar-refractivity contribution in [3.8, 4) is 5.75 Å². The standard InChI is InChI=1S/C19H18N4O5S/c1-28-13-7-8-14(15(9-13)23(26)27)21-17(24)10-16-18(25)22-19(29-16)20-11-12-5-3-2-4-6-12/h2-9,16H,10-11H2,1H3,(H,21,24)(H,20,22,25). The van der Waals surface area contributed by atoms with Crippen LogP contribution in [0.25, 0.3) is 0 Å². The molecule has 0 aromatic heterocycles. The quantitative estimate of drug-likeness (QED) is 0.530. The number of benzene rings is 2. The van der Waals surface area contributed by atoms with Gasteiger partial charge in [-0.05, 0) is 17.7 Å². The molecule has 1 aliphatic rings. The van der Waals surface area contributed by atoms with E-state index in [1.807, 2.05) is 30.3 Å². The van der Waals surface area contributed by atoms with Gasteiger partial charge in [-0.2, -0.15) is 0 Å². The van der Waals surface area contributed by atoms with Gasteiger partial charge in [-0.1, -0.05) is 42.1 Å². The highest BCUT2D eigenvalue weighted by atomic mass is 32.2. The van der Waals surface area contributed by atoms with Crippen molar-refractivity contribution < 1.29 is 19.2 Å². The largest absolute Gasteiger partial charge is 0.496 e. The van der Waals surface area contributed by atoms with E-state index in [0.29, 0.717) is 17.5 Å². The zero-order valence-corrected chi connectivity index (χ0v) is 16.3. The third kappa shape index (κ3) is 5.32. The molecule has 2 N–H and O–H groups in total. The lowest BCUT2D eigenvalue weighted by Crippen LogP contribution is -2.28. The number of thioether (sulfide) groups is 1. The monoisotopic (exact) mass is 414 g/mol. The summed E-state index contributed by atoms with van der Waals surface area (Å²) in [4.78, 5) is 39.4. The van der Waals surface area contributed by atoms with Crippen LogP contribution in [-0.4, -0.2) is 34.3 Å². The highest BCUT2D eigenvalue weighted by Crippen LogP contribution is 2.30. The molecule has 1 fully saturated rings. The first-order valence-electron chi connectivity index (χ1n) is 8.64. The number of carbonyl (C=O) groups is 2. The Morgan fingerprint density at radius 2 is 2.07 bits per heavy atom. The van der Waals surface area contributed by atoms with Crippen LogP contribution in [0.2, 0.25) is 0 Å². The fourth-order valence-corrected chi connectivity index (χ4v) is 3.59. The lowest BCUT2D eigenvalue weighted by atomic mass is 10.2. The molecule has 0 bridgehead atoms. The molecule has 2 aromatic rings. The number of nitro groups is 1. The number of hydrogen-bond acceptors (Lipinski definition) is 7. The van der Waals surface area contributed by atoms with Gasteiger partial charge in [0.1, 0.15) is 16.7 Å². The van der Waals surface area contributed by atoms with E-state index in [9.17, 15) is 19.7 Å². The molecule has 150 valence electrons. The number of nitro benzene ring substituents is 1. The molecule has 1 unspecified atom stereocenters. The SMILES string of the molecule is COc1ccc(NC(=O)CC2SC(=NCc3ccccc3)NC2=O)c([N+](=O)[O-])c1. The van der Waals surface area contributed by atoms with E-state index in [1.54, 1.807) is 0 Å². The number of aliphatic imine (C=N–C) groups is 1. The highest BCUT2D eigenvalue weighted by molar-refractivity contribution is 8.15. The van der Waals surface area contributed by atoms with Crippen molar-refractivity contribution in [3.63, 3.8) is 0 Å². The Bertz CT molecular complexity index is 964. The number of nitrogens with zero attached hydrogens (tertiary/aromatic N) is 2. The third-order valence-electron chi connectivity index (χ3n) is 4.07. The molecule has 29 heavy (non-hydrogen) atoms. The van der Waals surface area contributed by atoms with E-state index in [0.717, 1.165) is 5.56 Å². The Hall–Kier alpha value is -3.40.